The summed E-state index contributed by atoms with van der Waals surface area (Å²) in [4.78, 5) is 19.0. The average molecular weight is 741 g/mol. The number of hydrogen-bond acceptors (Lipinski definition) is 4. The Kier molecular flexibility index (Phi) is 5.79. The van der Waals surface area contributed by atoms with Crippen LogP contribution in [0.2, 0.25) is 12.6 Å². The van der Waals surface area contributed by atoms with E-state index in [4.69, 9.17) is 4.99 Å². The predicted molar refractivity (Wildman–Crippen MR) is 145 cm³/mol. The summed E-state index contributed by atoms with van der Waals surface area (Å²) in [6.07, 6.45) is 5.42. The molecule has 2 heterocycles. The zero-order valence-corrected chi connectivity index (χ0v) is 23.0. The first-order chi connectivity index (χ1) is 13.3. The molecular weight excluding hydrogens is 727 g/mol. The number of thiophene rings is 1. The van der Waals surface area contributed by atoms with Gasteiger partial charge in [0.2, 0.25) is 0 Å². The van der Waals surface area contributed by atoms with Gasteiger partial charge < -0.3 is 5.11 Å². The van der Waals surface area contributed by atoms with Gasteiger partial charge in [0.1, 0.15) is 13.8 Å². The number of carbonyl (C=O) groups is 1. The monoisotopic (exact) mass is 741 g/mol. The second-order valence-electron chi connectivity index (χ2n) is 6.80. The van der Waals surface area contributed by atoms with Crippen LogP contribution >= 0.6 is 79.1 Å². The summed E-state index contributed by atoms with van der Waals surface area (Å²) in [6.45, 7) is 6.24. The Bertz CT molecular complexity index is 1150. The van der Waals surface area contributed by atoms with E-state index in [1.165, 1.54) is 6.45 Å². The van der Waals surface area contributed by atoms with Crippen molar-refractivity contribution in [2.75, 3.05) is 0 Å². The van der Waals surface area contributed by atoms with E-state index in [1.807, 2.05) is 24.3 Å². The van der Waals surface area contributed by atoms with Gasteiger partial charge in [0, 0.05) is 9.14 Å². The number of allylic oxidation sites excluding steroid dienone is 5. The van der Waals surface area contributed by atoms with Crippen LogP contribution in [0.15, 0.2) is 53.2 Å². The standard InChI is InChI=1S/C20H14I3NO2SSi/c1-3-8-28(2)14-9-10(25)4-5-11(14)24-12-6-7-13(26)15(19(12)28)18-16(21)17(22)20(23)27-18/h3-7,9,25H,1,8H2,2H3. The highest BCUT2D eigenvalue weighted by Crippen LogP contribution is 2.44. The fourth-order valence-corrected chi connectivity index (χ4v) is 12.0. The fourth-order valence-electron chi connectivity index (χ4n) is 3.80. The van der Waals surface area contributed by atoms with Crippen molar-refractivity contribution in [1.82, 2.24) is 0 Å². The van der Waals surface area contributed by atoms with Crippen LogP contribution in [-0.4, -0.2) is 24.7 Å². The molecule has 3 nitrogen and oxygen atoms in total. The average Bonchev–Trinajstić information content (AvgIpc) is 2.91. The second kappa shape index (κ2) is 7.74. The van der Waals surface area contributed by atoms with Gasteiger partial charge in [-0.25, -0.2) is 4.99 Å². The molecule has 142 valence electrons. The SMILES string of the molecule is C=CC[Si]1(C)C2=C(c3sc(I)c(I)c3I)C(=O)C=CC2=Nc2ccc(O)cc21. The Hall–Kier alpha value is -0.313. The van der Waals surface area contributed by atoms with Gasteiger partial charge in [0.15, 0.2) is 5.78 Å². The topological polar surface area (TPSA) is 49.7 Å². The van der Waals surface area contributed by atoms with E-state index in [-0.39, 0.29) is 11.5 Å². The van der Waals surface area contributed by atoms with Crippen LogP contribution in [0.1, 0.15) is 4.88 Å². The lowest BCUT2D eigenvalue weighted by Crippen LogP contribution is -2.52. The molecule has 1 aromatic carbocycles. The minimum atomic E-state index is -2.37. The van der Waals surface area contributed by atoms with Gasteiger partial charge in [0.25, 0.3) is 0 Å². The van der Waals surface area contributed by atoms with Gasteiger partial charge in [-0.2, -0.15) is 0 Å². The van der Waals surface area contributed by atoms with E-state index >= 15 is 0 Å². The maximum absolute atomic E-state index is 13.1. The van der Waals surface area contributed by atoms with E-state index in [9.17, 15) is 9.90 Å². The van der Waals surface area contributed by atoms with Gasteiger partial charge in [-0.05, 0) is 115 Å². The molecule has 28 heavy (non-hydrogen) atoms. The van der Waals surface area contributed by atoms with E-state index in [0.717, 1.165) is 41.8 Å². The highest BCUT2D eigenvalue weighted by Gasteiger charge is 2.44. The minimum absolute atomic E-state index is 0.0345. The van der Waals surface area contributed by atoms with Crippen LogP contribution in [0.5, 0.6) is 5.75 Å². The summed E-state index contributed by atoms with van der Waals surface area (Å²) in [5.74, 6) is 0.266. The molecule has 0 spiro atoms. The van der Waals surface area contributed by atoms with E-state index in [1.54, 1.807) is 23.5 Å². The summed E-state index contributed by atoms with van der Waals surface area (Å²) in [6, 6.07) is 6.14. The molecule has 1 aliphatic carbocycles. The number of phenolic OH excluding ortho intramolecular Hbond substituents is 1. The smallest absolute Gasteiger partial charge is 0.187 e. The number of fused-ring (bicyclic) bond motifs is 2. The maximum Gasteiger partial charge on any atom is 0.187 e. The highest BCUT2D eigenvalue weighted by molar-refractivity contribution is 14.1. The molecule has 8 heteroatoms. The molecule has 1 N–H and O–H groups in total. The van der Waals surface area contributed by atoms with Crippen molar-refractivity contribution in [2.45, 2.75) is 12.6 Å². The predicted octanol–water partition coefficient (Wildman–Crippen LogP) is 5.96. The van der Waals surface area contributed by atoms with Crippen LogP contribution in [0.25, 0.3) is 5.57 Å². The number of phenols is 1. The van der Waals surface area contributed by atoms with E-state index in [0.29, 0.717) is 0 Å². The molecule has 0 fully saturated rings. The van der Waals surface area contributed by atoms with Crippen LogP contribution in [0.4, 0.5) is 5.69 Å². The normalized spacial score (nSPS) is 20.7. The lowest BCUT2D eigenvalue weighted by molar-refractivity contribution is -0.109. The zero-order chi connectivity index (χ0) is 20.2. The summed E-state index contributed by atoms with van der Waals surface area (Å²) < 4.78 is 3.50. The summed E-state index contributed by atoms with van der Waals surface area (Å²) in [5, 5.41) is 12.3. The number of benzene rings is 1. The van der Waals surface area contributed by atoms with Crippen LogP contribution < -0.4 is 5.19 Å². The number of aromatic hydroxyl groups is 1. The molecule has 0 saturated carbocycles. The summed E-state index contributed by atoms with van der Waals surface area (Å²) >= 11 is 8.69. The lowest BCUT2D eigenvalue weighted by Gasteiger charge is -2.37. The molecule has 2 aliphatic rings. The first-order valence-electron chi connectivity index (χ1n) is 8.42. The van der Waals surface area contributed by atoms with Crippen LogP contribution in [0, 0.1) is 10.0 Å². The first kappa shape index (κ1) is 20.9. The largest absolute Gasteiger partial charge is 0.508 e. The van der Waals surface area contributed by atoms with Crippen LogP contribution in [-0.2, 0) is 4.79 Å². The first-order valence-corrected chi connectivity index (χ1v) is 15.2. The quantitative estimate of drug-likeness (QED) is 0.183. The molecule has 1 unspecified atom stereocenters. The molecule has 2 aromatic rings. The number of carbonyl (C=O) groups excluding carboxylic acids is 1. The molecule has 0 radical (unpaired) electrons. The van der Waals surface area contributed by atoms with Gasteiger partial charge >= 0.3 is 0 Å². The van der Waals surface area contributed by atoms with Crippen molar-refractivity contribution in [3.8, 4) is 5.75 Å². The number of aliphatic imine (C=N–C) groups is 1. The number of rotatable bonds is 3. The third-order valence-electron chi connectivity index (χ3n) is 5.05. The van der Waals surface area contributed by atoms with Gasteiger partial charge in [-0.3, -0.25) is 4.79 Å². The van der Waals surface area contributed by atoms with Crippen LogP contribution in [0.3, 0.4) is 0 Å². The van der Waals surface area contributed by atoms with Gasteiger partial charge in [-0.1, -0.05) is 12.6 Å². The van der Waals surface area contributed by atoms with Crippen molar-refractivity contribution in [3.63, 3.8) is 0 Å². The zero-order valence-electron chi connectivity index (χ0n) is 14.7. The van der Waals surface area contributed by atoms with Crippen molar-refractivity contribution in [1.29, 1.82) is 0 Å². The molecule has 0 bridgehead atoms. The van der Waals surface area contributed by atoms with Crippen molar-refractivity contribution < 1.29 is 9.90 Å². The number of hydrogen-bond donors (Lipinski definition) is 1. The maximum atomic E-state index is 13.1. The number of ketones is 1. The Morgan fingerprint density at radius 1 is 1.25 bits per heavy atom. The summed E-state index contributed by atoms with van der Waals surface area (Å²) in [7, 11) is -2.37. The van der Waals surface area contributed by atoms with E-state index < -0.39 is 8.07 Å². The third kappa shape index (κ3) is 3.22. The molecule has 0 saturated heterocycles. The minimum Gasteiger partial charge on any atom is -0.508 e. The second-order valence-corrected chi connectivity index (χ2v) is 15.9. The fraction of sp³-hybridized carbons (Fsp3) is 0.100. The van der Waals surface area contributed by atoms with Gasteiger partial charge in [0.05, 0.1) is 22.7 Å². The number of halogens is 3. The Labute approximate surface area is 209 Å². The Balaban J connectivity index is 2.12. The van der Waals surface area contributed by atoms with Gasteiger partial charge in [-0.15, -0.1) is 17.9 Å². The molecule has 1 aliphatic heterocycles. The molecule has 4 rings (SSSR count). The van der Waals surface area contributed by atoms with Crippen molar-refractivity contribution in [2.24, 2.45) is 4.99 Å². The highest BCUT2D eigenvalue weighted by atomic mass is 127. The van der Waals surface area contributed by atoms with E-state index in [2.05, 4.69) is 80.9 Å². The molecule has 1 aromatic heterocycles. The molecule has 1 atom stereocenters. The Morgan fingerprint density at radius 3 is 2.64 bits per heavy atom. The molecular formula is C20H14I3NO2SSi. The third-order valence-corrected chi connectivity index (χ3v) is 16.5. The summed E-state index contributed by atoms with van der Waals surface area (Å²) in [5.41, 5.74) is 2.54. The molecule has 0 amide bonds. The number of nitrogens with zero attached hydrogens (tertiary/aromatic N) is 1. The Morgan fingerprint density at radius 2 is 2.00 bits per heavy atom. The lowest BCUT2D eigenvalue weighted by atomic mass is 10.0. The van der Waals surface area contributed by atoms with Crippen molar-refractivity contribution in [3.05, 3.63) is 63.1 Å². The van der Waals surface area contributed by atoms with Crippen molar-refractivity contribution >= 4 is 115 Å².